The Balaban J connectivity index is 1.40. The van der Waals surface area contributed by atoms with Crippen molar-refractivity contribution in [1.29, 1.82) is 0 Å². The summed E-state index contributed by atoms with van der Waals surface area (Å²) in [5, 5.41) is 25.9. The van der Waals surface area contributed by atoms with E-state index in [0.29, 0.717) is 30.9 Å². The summed E-state index contributed by atoms with van der Waals surface area (Å²) in [6.07, 6.45) is 2.05. The van der Waals surface area contributed by atoms with Crippen LogP contribution in [0.2, 0.25) is 0 Å². The first kappa shape index (κ1) is 19.6. The zero-order valence-corrected chi connectivity index (χ0v) is 18.5. The van der Waals surface area contributed by atoms with E-state index < -0.39 is 22.6 Å². The molecular weight excluding hydrogens is 418 g/mol. The highest BCUT2D eigenvalue weighted by Crippen LogP contribution is 2.70. The van der Waals surface area contributed by atoms with Crippen LogP contribution in [-0.2, 0) is 16.6 Å². The van der Waals surface area contributed by atoms with Gasteiger partial charge in [-0.2, -0.15) is 0 Å². The van der Waals surface area contributed by atoms with E-state index in [-0.39, 0.29) is 23.6 Å². The lowest BCUT2D eigenvalue weighted by atomic mass is 9.50. The van der Waals surface area contributed by atoms with Gasteiger partial charge in [0.2, 0.25) is 0 Å². The number of carbonyl (C=O) groups is 2. The first-order chi connectivity index (χ1) is 15.8. The van der Waals surface area contributed by atoms with E-state index in [4.69, 9.17) is 0 Å². The quantitative estimate of drug-likeness (QED) is 0.585. The summed E-state index contributed by atoms with van der Waals surface area (Å²) in [5.74, 6) is 0.395. The fraction of sp³-hybridized carbons (Fsp3) is 0.462. The SMILES string of the molecule is CN1CC2C3Cc4ccc(O)cc4[C@]24C[C@]2(CC[C@@]4(O)[C@@H]31)NC(=O)N(c1ccccc1)C2=O. The number of phenols is 1. The molecule has 3 aliphatic carbocycles. The predicted molar refractivity (Wildman–Crippen MR) is 121 cm³/mol. The van der Waals surface area contributed by atoms with Crippen molar-refractivity contribution in [3.63, 3.8) is 0 Å². The number of anilines is 1. The number of benzene rings is 2. The first-order valence-corrected chi connectivity index (χ1v) is 11.8. The molecule has 5 aliphatic rings. The monoisotopic (exact) mass is 445 g/mol. The molecule has 2 saturated heterocycles. The molecule has 170 valence electrons. The third-order valence-electron chi connectivity index (χ3n) is 9.50. The summed E-state index contributed by atoms with van der Waals surface area (Å²) in [5.41, 5.74) is -0.102. The summed E-state index contributed by atoms with van der Waals surface area (Å²) < 4.78 is 0. The van der Waals surface area contributed by atoms with Crippen LogP contribution in [-0.4, -0.2) is 57.8 Å². The topological polar surface area (TPSA) is 93.1 Å². The molecule has 3 amide bonds. The van der Waals surface area contributed by atoms with Gasteiger partial charge in [0.15, 0.2) is 0 Å². The number of rotatable bonds is 1. The van der Waals surface area contributed by atoms with Crippen LogP contribution in [0.1, 0.15) is 30.4 Å². The van der Waals surface area contributed by atoms with Gasteiger partial charge in [-0.05, 0) is 80.0 Å². The van der Waals surface area contributed by atoms with Gasteiger partial charge >= 0.3 is 6.03 Å². The average molecular weight is 446 g/mol. The molecule has 6 atom stereocenters. The van der Waals surface area contributed by atoms with Crippen molar-refractivity contribution >= 4 is 17.6 Å². The van der Waals surface area contributed by atoms with Crippen LogP contribution in [0.15, 0.2) is 48.5 Å². The van der Waals surface area contributed by atoms with E-state index in [0.717, 1.165) is 24.1 Å². The molecule has 2 spiro atoms. The second-order valence-electron chi connectivity index (χ2n) is 10.8. The largest absolute Gasteiger partial charge is 0.508 e. The van der Waals surface area contributed by atoms with Crippen LogP contribution in [0.4, 0.5) is 10.5 Å². The highest BCUT2D eigenvalue weighted by Gasteiger charge is 2.79. The lowest BCUT2D eigenvalue weighted by Gasteiger charge is -2.59. The second kappa shape index (κ2) is 5.96. The Morgan fingerprint density at radius 1 is 1.09 bits per heavy atom. The third kappa shape index (κ3) is 2.09. The number of hydrogen-bond acceptors (Lipinski definition) is 5. The highest BCUT2D eigenvalue weighted by atomic mass is 16.3. The fourth-order valence-electron chi connectivity index (χ4n) is 8.47. The van der Waals surface area contributed by atoms with Crippen molar-refractivity contribution in [3.05, 3.63) is 59.7 Å². The summed E-state index contributed by atoms with van der Waals surface area (Å²) in [6.45, 7) is 0.841. The molecule has 4 fully saturated rings. The number of likely N-dealkylation sites (N-methyl/N-ethyl adjacent to an activating group) is 1. The van der Waals surface area contributed by atoms with E-state index in [1.807, 2.05) is 24.3 Å². The van der Waals surface area contributed by atoms with Crippen molar-refractivity contribution in [1.82, 2.24) is 10.2 Å². The number of nitrogens with zero attached hydrogens (tertiary/aromatic N) is 2. The number of piperidine rings is 1. The Labute approximate surface area is 192 Å². The lowest BCUT2D eigenvalue weighted by molar-refractivity contribution is -0.148. The normalized spacial score (nSPS) is 40.8. The molecule has 33 heavy (non-hydrogen) atoms. The number of para-hydroxylation sites is 1. The fourth-order valence-corrected chi connectivity index (χ4v) is 8.47. The van der Waals surface area contributed by atoms with Crippen molar-refractivity contribution in [2.24, 2.45) is 11.8 Å². The van der Waals surface area contributed by atoms with Gasteiger partial charge in [0.05, 0.1) is 11.3 Å². The summed E-state index contributed by atoms with van der Waals surface area (Å²) in [6, 6.07) is 14.1. The van der Waals surface area contributed by atoms with Crippen LogP contribution in [0.25, 0.3) is 0 Å². The van der Waals surface area contributed by atoms with E-state index in [9.17, 15) is 19.8 Å². The molecule has 0 aromatic heterocycles. The average Bonchev–Trinajstić information content (AvgIpc) is 3.30. The minimum absolute atomic E-state index is 0.00632. The van der Waals surface area contributed by atoms with Crippen LogP contribution in [0, 0.1) is 11.8 Å². The Morgan fingerprint density at radius 2 is 1.88 bits per heavy atom. The molecule has 2 unspecified atom stereocenters. The number of nitrogens with one attached hydrogen (secondary N) is 1. The van der Waals surface area contributed by atoms with Crippen LogP contribution >= 0.6 is 0 Å². The number of aromatic hydroxyl groups is 1. The minimum Gasteiger partial charge on any atom is -0.508 e. The molecule has 2 aromatic rings. The van der Waals surface area contributed by atoms with Crippen molar-refractivity contribution in [3.8, 4) is 5.75 Å². The summed E-state index contributed by atoms with van der Waals surface area (Å²) >= 11 is 0. The van der Waals surface area contributed by atoms with Crippen molar-refractivity contribution in [2.45, 2.75) is 48.3 Å². The molecule has 7 nitrogen and oxygen atoms in total. The lowest BCUT2D eigenvalue weighted by Crippen LogP contribution is -2.71. The molecule has 7 rings (SSSR count). The molecule has 2 aliphatic heterocycles. The second-order valence-corrected chi connectivity index (χ2v) is 10.8. The molecule has 2 heterocycles. The van der Waals surface area contributed by atoms with Crippen molar-refractivity contribution < 1.29 is 19.8 Å². The van der Waals surface area contributed by atoms with Crippen LogP contribution < -0.4 is 10.2 Å². The number of imide groups is 1. The van der Waals surface area contributed by atoms with Gasteiger partial charge in [0, 0.05) is 18.0 Å². The predicted octanol–water partition coefficient (Wildman–Crippen LogP) is 2.16. The maximum Gasteiger partial charge on any atom is 0.329 e. The molecular formula is C26H27N3O4. The number of urea groups is 1. The van der Waals surface area contributed by atoms with Gasteiger partial charge in [-0.15, -0.1) is 0 Å². The summed E-state index contributed by atoms with van der Waals surface area (Å²) in [7, 11) is 2.08. The Hall–Kier alpha value is -2.90. The third-order valence-corrected chi connectivity index (χ3v) is 9.50. The Kier molecular flexibility index (Phi) is 3.53. The molecule has 0 radical (unpaired) electrons. The minimum atomic E-state index is -1.06. The maximum atomic E-state index is 13.9. The van der Waals surface area contributed by atoms with Gasteiger partial charge in [-0.25, -0.2) is 9.69 Å². The maximum absolute atomic E-state index is 13.9. The standard InChI is InChI=1S/C26H27N3O4/c1-28-13-20-18-11-15-7-8-17(30)12-19(15)25(20)14-24(9-10-26(25,33)21(18)28)22(31)29(23(32)27-24)16-5-3-2-4-6-16/h2-8,12,18,20-21,30,33H,9-11,13-14H2,1H3,(H,27,32)/t18?,20?,21-,24+,25-,26-/m1/s1. The summed E-state index contributed by atoms with van der Waals surface area (Å²) in [4.78, 5) is 30.5. The van der Waals surface area contributed by atoms with Gasteiger partial charge in [0.25, 0.3) is 5.91 Å². The molecule has 4 bridgehead atoms. The number of hydrogen-bond donors (Lipinski definition) is 3. The highest BCUT2D eigenvalue weighted by molar-refractivity contribution is 6.23. The van der Waals surface area contributed by atoms with E-state index in [1.54, 1.807) is 24.3 Å². The van der Waals surface area contributed by atoms with E-state index >= 15 is 0 Å². The van der Waals surface area contributed by atoms with Crippen LogP contribution in [0.3, 0.4) is 0 Å². The first-order valence-electron chi connectivity index (χ1n) is 11.8. The Morgan fingerprint density at radius 3 is 2.67 bits per heavy atom. The van der Waals surface area contributed by atoms with Crippen molar-refractivity contribution in [2.75, 3.05) is 18.5 Å². The number of aliphatic hydroxyl groups is 1. The van der Waals surface area contributed by atoms with E-state index in [1.165, 1.54) is 4.90 Å². The van der Waals surface area contributed by atoms with Gasteiger partial charge < -0.3 is 15.5 Å². The number of phenolic OH excluding ortho intramolecular Hbond substituents is 1. The zero-order valence-electron chi connectivity index (χ0n) is 18.5. The Bertz CT molecular complexity index is 1220. The van der Waals surface area contributed by atoms with Gasteiger partial charge in [-0.3, -0.25) is 9.69 Å². The molecule has 2 aromatic carbocycles. The zero-order chi connectivity index (χ0) is 22.8. The smallest absolute Gasteiger partial charge is 0.329 e. The molecule has 3 N–H and O–H groups in total. The molecule has 7 heteroatoms. The number of likely N-dealkylation sites (tertiary alicyclic amines) is 1. The molecule has 2 saturated carbocycles. The number of amides is 3. The van der Waals surface area contributed by atoms with Gasteiger partial charge in [0.1, 0.15) is 11.3 Å². The van der Waals surface area contributed by atoms with E-state index in [2.05, 4.69) is 17.3 Å². The number of carbonyl (C=O) groups excluding carboxylic acids is 2. The van der Waals surface area contributed by atoms with Gasteiger partial charge in [-0.1, -0.05) is 24.3 Å². The number of fused-ring (bicyclic) bond motifs is 2. The van der Waals surface area contributed by atoms with Crippen LogP contribution in [0.5, 0.6) is 5.75 Å².